The molecular formula is C15H24FNO. The minimum absolute atomic E-state index is 0.199. The summed E-state index contributed by atoms with van der Waals surface area (Å²) in [5, 5.41) is 3.47. The van der Waals surface area contributed by atoms with Crippen LogP contribution in [0.2, 0.25) is 0 Å². The summed E-state index contributed by atoms with van der Waals surface area (Å²) < 4.78 is 18.5. The summed E-state index contributed by atoms with van der Waals surface area (Å²) in [4.78, 5) is 0. The van der Waals surface area contributed by atoms with Crippen molar-refractivity contribution in [2.24, 2.45) is 5.92 Å². The van der Waals surface area contributed by atoms with Gasteiger partial charge in [-0.3, -0.25) is 0 Å². The Kier molecular flexibility index (Phi) is 6.13. The molecule has 1 aromatic rings. The summed E-state index contributed by atoms with van der Waals surface area (Å²) in [5.74, 6) is 1.15. The molecular weight excluding hydrogens is 229 g/mol. The van der Waals surface area contributed by atoms with Crippen molar-refractivity contribution < 1.29 is 9.13 Å². The molecule has 102 valence electrons. The average Bonchev–Trinajstić information content (AvgIpc) is 2.34. The molecule has 0 bridgehead atoms. The lowest BCUT2D eigenvalue weighted by Gasteiger charge is -2.22. The number of hydrogen-bond donors (Lipinski definition) is 1. The van der Waals surface area contributed by atoms with Crippen molar-refractivity contribution in [3.63, 3.8) is 0 Å². The Morgan fingerprint density at radius 3 is 2.61 bits per heavy atom. The van der Waals surface area contributed by atoms with Gasteiger partial charge in [0.15, 0.2) is 0 Å². The number of benzene rings is 1. The molecule has 0 aromatic heterocycles. The quantitative estimate of drug-likeness (QED) is 0.804. The molecule has 0 radical (unpaired) electrons. The van der Waals surface area contributed by atoms with Crippen LogP contribution in [0.5, 0.6) is 5.75 Å². The summed E-state index contributed by atoms with van der Waals surface area (Å²) in [5.41, 5.74) is 0.945. The van der Waals surface area contributed by atoms with Gasteiger partial charge in [0.1, 0.15) is 11.6 Å². The number of halogens is 1. The Balaban J connectivity index is 2.68. The smallest absolute Gasteiger partial charge is 0.123 e. The third-order valence-corrected chi connectivity index (χ3v) is 3.24. The fourth-order valence-corrected chi connectivity index (χ4v) is 2.19. The number of hydrogen-bond acceptors (Lipinski definition) is 2. The van der Waals surface area contributed by atoms with E-state index in [4.69, 9.17) is 4.74 Å². The lowest BCUT2D eigenvalue weighted by atomic mass is 9.96. The van der Waals surface area contributed by atoms with E-state index in [0.29, 0.717) is 12.0 Å². The normalized spacial score (nSPS) is 12.8. The molecule has 1 aromatic carbocycles. The van der Waals surface area contributed by atoms with Crippen LogP contribution in [0.25, 0.3) is 0 Å². The van der Waals surface area contributed by atoms with Gasteiger partial charge >= 0.3 is 0 Å². The fraction of sp³-hybridized carbons (Fsp3) is 0.600. The highest BCUT2D eigenvalue weighted by Gasteiger charge is 2.13. The van der Waals surface area contributed by atoms with Crippen molar-refractivity contribution in [3.8, 4) is 5.75 Å². The number of methoxy groups -OCH3 is 1. The molecule has 3 heteroatoms. The third-order valence-electron chi connectivity index (χ3n) is 3.24. The Bertz CT molecular complexity index is 366. The summed E-state index contributed by atoms with van der Waals surface area (Å²) in [7, 11) is 1.63. The molecule has 1 atom stereocenters. The zero-order valence-electron chi connectivity index (χ0n) is 11.8. The van der Waals surface area contributed by atoms with Gasteiger partial charge in [-0.25, -0.2) is 4.39 Å². The molecule has 0 fully saturated rings. The van der Waals surface area contributed by atoms with Gasteiger partial charge in [-0.2, -0.15) is 0 Å². The summed E-state index contributed by atoms with van der Waals surface area (Å²) in [6.45, 7) is 7.48. The van der Waals surface area contributed by atoms with Crippen molar-refractivity contribution in [1.29, 1.82) is 0 Å². The van der Waals surface area contributed by atoms with E-state index < -0.39 is 0 Å². The molecule has 0 saturated carbocycles. The van der Waals surface area contributed by atoms with E-state index in [9.17, 15) is 4.39 Å². The van der Waals surface area contributed by atoms with Gasteiger partial charge < -0.3 is 10.1 Å². The second-order valence-corrected chi connectivity index (χ2v) is 4.90. The third kappa shape index (κ3) is 4.30. The first-order valence-corrected chi connectivity index (χ1v) is 6.64. The standard InChI is InChI=1S/C15H24FNO/c1-5-17-14(11(2)3)8-6-12-10-13(16)7-9-15(12)18-4/h7,9-11,14,17H,5-6,8H2,1-4H3. The SMILES string of the molecule is CCNC(CCc1cc(F)ccc1OC)C(C)C. The Hall–Kier alpha value is -1.09. The van der Waals surface area contributed by atoms with Gasteiger partial charge in [-0.1, -0.05) is 20.8 Å². The largest absolute Gasteiger partial charge is 0.496 e. The van der Waals surface area contributed by atoms with Gasteiger partial charge in [0.25, 0.3) is 0 Å². The molecule has 0 aliphatic rings. The Morgan fingerprint density at radius 2 is 2.06 bits per heavy atom. The lowest BCUT2D eigenvalue weighted by molar-refractivity contribution is 0.377. The predicted octanol–water partition coefficient (Wildman–Crippen LogP) is 3.40. The highest BCUT2D eigenvalue weighted by Crippen LogP contribution is 2.22. The lowest BCUT2D eigenvalue weighted by Crippen LogP contribution is -2.34. The Labute approximate surface area is 110 Å². The molecule has 0 heterocycles. The molecule has 1 rings (SSSR count). The van der Waals surface area contributed by atoms with E-state index in [1.807, 2.05) is 0 Å². The van der Waals surface area contributed by atoms with Gasteiger partial charge in [0.2, 0.25) is 0 Å². The van der Waals surface area contributed by atoms with Crippen LogP contribution < -0.4 is 10.1 Å². The van der Waals surface area contributed by atoms with Crippen molar-refractivity contribution in [2.45, 2.75) is 39.7 Å². The van der Waals surface area contributed by atoms with E-state index in [1.54, 1.807) is 19.2 Å². The van der Waals surface area contributed by atoms with Crippen LogP contribution >= 0.6 is 0 Å². The highest BCUT2D eigenvalue weighted by molar-refractivity contribution is 5.34. The second-order valence-electron chi connectivity index (χ2n) is 4.90. The first-order valence-electron chi connectivity index (χ1n) is 6.64. The van der Waals surface area contributed by atoms with Crippen LogP contribution in [0.15, 0.2) is 18.2 Å². The minimum atomic E-state index is -0.199. The Morgan fingerprint density at radius 1 is 1.33 bits per heavy atom. The summed E-state index contributed by atoms with van der Waals surface area (Å²) in [6, 6.07) is 5.17. The molecule has 18 heavy (non-hydrogen) atoms. The first-order chi connectivity index (χ1) is 8.58. The molecule has 0 aliphatic carbocycles. The van der Waals surface area contributed by atoms with E-state index in [2.05, 4.69) is 26.1 Å². The second kappa shape index (κ2) is 7.37. The van der Waals surface area contributed by atoms with Crippen molar-refractivity contribution in [1.82, 2.24) is 5.32 Å². The highest BCUT2D eigenvalue weighted by atomic mass is 19.1. The predicted molar refractivity (Wildman–Crippen MR) is 73.6 cm³/mol. The number of aryl methyl sites for hydroxylation is 1. The maximum absolute atomic E-state index is 13.2. The maximum atomic E-state index is 13.2. The monoisotopic (exact) mass is 253 g/mol. The fourth-order valence-electron chi connectivity index (χ4n) is 2.19. The topological polar surface area (TPSA) is 21.3 Å². The summed E-state index contributed by atoms with van der Waals surface area (Å²) in [6.07, 6.45) is 1.82. The molecule has 0 aliphatic heterocycles. The van der Waals surface area contributed by atoms with Gasteiger partial charge in [-0.05, 0) is 49.1 Å². The van der Waals surface area contributed by atoms with Gasteiger partial charge in [0, 0.05) is 6.04 Å². The first kappa shape index (κ1) is 15.0. The number of rotatable bonds is 7. The maximum Gasteiger partial charge on any atom is 0.123 e. The van der Waals surface area contributed by atoms with E-state index >= 15 is 0 Å². The van der Waals surface area contributed by atoms with Crippen LogP contribution in [0.3, 0.4) is 0 Å². The molecule has 2 nitrogen and oxygen atoms in total. The van der Waals surface area contributed by atoms with E-state index in [1.165, 1.54) is 6.07 Å². The van der Waals surface area contributed by atoms with E-state index in [0.717, 1.165) is 30.7 Å². The number of ether oxygens (including phenoxy) is 1. The number of nitrogens with one attached hydrogen (secondary N) is 1. The zero-order chi connectivity index (χ0) is 13.5. The van der Waals surface area contributed by atoms with Crippen LogP contribution in [-0.4, -0.2) is 19.7 Å². The van der Waals surface area contributed by atoms with Crippen molar-refractivity contribution in [2.75, 3.05) is 13.7 Å². The van der Waals surface area contributed by atoms with Gasteiger partial charge in [-0.15, -0.1) is 0 Å². The molecule has 1 unspecified atom stereocenters. The molecule has 0 saturated heterocycles. The molecule has 1 N–H and O–H groups in total. The zero-order valence-corrected chi connectivity index (χ0v) is 11.8. The summed E-state index contributed by atoms with van der Waals surface area (Å²) >= 11 is 0. The van der Waals surface area contributed by atoms with Crippen molar-refractivity contribution in [3.05, 3.63) is 29.6 Å². The van der Waals surface area contributed by atoms with Crippen LogP contribution in [0, 0.1) is 11.7 Å². The van der Waals surface area contributed by atoms with Crippen molar-refractivity contribution >= 4 is 0 Å². The van der Waals surface area contributed by atoms with Crippen LogP contribution in [0.1, 0.15) is 32.8 Å². The van der Waals surface area contributed by atoms with Crippen LogP contribution in [-0.2, 0) is 6.42 Å². The van der Waals surface area contributed by atoms with Crippen LogP contribution in [0.4, 0.5) is 4.39 Å². The average molecular weight is 253 g/mol. The molecule has 0 amide bonds. The molecule has 0 spiro atoms. The van der Waals surface area contributed by atoms with E-state index in [-0.39, 0.29) is 5.82 Å². The van der Waals surface area contributed by atoms with Gasteiger partial charge in [0.05, 0.1) is 7.11 Å². The minimum Gasteiger partial charge on any atom is -0.496 e.